The molecule has 3 rings (SSSR count). The van der Waals surface area contributed by atoms with Gasteiger partial charge in [0.15, 0.2) is 11.6 Å². The molecule has 0 saturated heterocycles. The van der Waals surface area contributed by atoms with Gasteiger partial charge in [0, 0.05) is 23.0 Å². The lowest BCUT2D eigenvalue weighted by Crippen LogP contribution is -2.51. The zero-order valence-electron chi connectivity index (χ0n) is 18.2. The highest BCUT2D eigenvalue weighted by molar-refractivity contribution is 6.30. The molecule has 2 aromatic rings. The van der Waals surface area contributed by atoms with Gasteiger partial charge in [-0.15, -0.1) is 0 Å². The van der Waals surface area contributed by atoms with Crippen LogP contribution in [0.4, 0.5) is 8.78 Å². The topological polar surface area (TPSA) is 94.9 Å². The van der Waals surface area contributed by atoms with Crippen molar-refractivity contribution in [3.8, 4) is 0 Å². The molecule has 2 aromatic carbocycles. The van der Waals surface area contributed by atoms with Crippen LogP contribution in [0.15, 0.2) is 52.6 Å². The molecule has 33 heavy (non-hydrogen) atoms. The molecule has 1 amide bonds. The van der Waals surface area contributed by atoms with Crippen molar-refractivity contribution in [1.29, 1.82) is 0 Å². The summed E-state index contributed by atoms with van der Waals surface area (Å²) < 4.78 is 26.8. The fourth-order valence-corrected chi connectivity index (χ4v) is 3.85. The number of nitrogens with one attached hydrogen (secondary N) is 3. The molecular weight excluding hydrogens is 452 g/mol. The number of nitrogens with zero attached hydrogens (tertiary/aromatic N) is 2. The van der Waals surface area contributed by atoms with E-state index in [9.17, 15) is 18.5 Å². The van der Waals surface area contributed by atoms with Gasteiger partial charge < -0.3 is 16.0 Å². The van der Waals surface area contributed by atoms with Gasteiger partial charge in [-0.25, -0.2) is 8.78 Å². The van der Waals surface area contributed by atoms with Crippen LogP contribution in [-0.2, 0) is 0 Å². The van der Waals surface area contributed by atoms with Gasteiger partial charge in [0.2, 0.25) is 5.96 Å². The number of carbonyl (C=O) groups excluding carboxylic acids is 1. The Hall–Kier alpha value is -2.91. The molecule has 2 atom stereocenters. The summed E-state index contributed by atoms with van der Waals surface area (Å²) in [7, 11) is 1.70. The summed E-state index contributed by atoms with van der Waals surface area (Å²) in [4.78, 5) is 28.2. The average molecular weight is 478 g/mol. The summed E-state index contributed by atoms with van der Waals surface area (Å²) in [5.41, 5.74) is 0.632. The van der Waals surface area contributed by atoms with E-state index in [0.717, 1.165) is 37.8 Å². The maximum Gasteiger partial charge on any atom is 0.280 e. The molecule has 1 aliphatic carbocycles. The number of hydrogen-bond donors (Lipinski definition) is 3. The fraction of sp³-hybridized carbons (Fsp3) is 0.391. The molecule has 0 spiro atoms. The molecular formula is C23H26ClF2N5O2. The Kier molecular flexibility index (Phi) is 8.85. The van der Waals surface area contributed by atoms with E-state index in [1.807, 2.05) is 0 Å². The molecule has 176 valence electrons. The van der Waals surface area contributed by atoms with Crippen molar-refractivity contribution in [3.63, 3.8) is 0 Å². The largest absolute Gasteiger partial charge is 0.353 e. The Morgan fingerprint density at radius 3 is 2.42 bits per heavy atom. The molecule has 3 N–H and O–H groups in total. The summed E-state index contributed by atoms with van der Waals surface area (Å²) in [6, 6.07) is 9.19. The monoisotopic (exact) mass is 477 g/mol. The maximum atomic E-state index is 13.6. The molecule has 10 heteroatoms. The number of hydrogen-bond acceptors (Lipinski definition) is 4. The standard InChI is InChI=1S/C23H26ClF2N5O2/c1-27-21(13-20(31-33)14-6-9-16(24)10-7-14)29-23(28-17-4-2-3-5-17)30-22(32)15-8-11-18(25)19(26)12-15/h6-12,17,20-21,27H,2-5,13H2,1H3,(H2,28,29,30,32). The van der Waals surface area contributed by atoms with Crippen LogP contribution < -0.4 is 16.0 Å². The quantitative estimate of drug-likeness (QED) is 0.222. The number of halogens is 3. The summed E-state index contributed by atoms with van der Waals surface area (Å²) in [6.07, 6.45) is 3.78. The molecule has 1 aliphatic rings. The Morgan fingerprint density at radius 1 is 1.12 bits per heavy atom. The highest BCUT2D eigenvalue weighted by Gasteiger charge is 2.22. The van der Waals surface area contributed by atoms with Crippen LogP contribution in [0.1, 0.15) is 54.1 Å². The lowest BCUT2D eigenvalue weighted by Gasteiger charge is -2.25. The van der Waals surface area contributed by atoms with Gasteiger partial charge in [-0.05, 0) is 55.8 Å². The van der Waals surface area contributed by atoms with Crippen LogP contribution >= 0.6 is 11.6 Å². The van der Waals surface area contributed by atoms with Gasteiger partial charge in [0.05, 0.1) is 6.17 Å². The number of rotatable bonds is 8. The third-order valence-corrected chi connectivity index (χ3v) is 5.83. The van der Waals surface area contributed by atoms with Gasteiger partial charge >= 0.3 is 0 Å². The van der Waals surface area contributed by atoms with Crippen LogP contribution in [0.3, 0.4) is 0 Å². The first kappa shape index (κ1) is 24.7. The summed E-state index contributed by atoms with van der Waals surface area (Å²) >= 11 is 5.93. The molecule has 0 aliphatic heterocycles. The number of amides is 1. The van der Waals surface area contributed by atoms with Gasteiger partial charge in [-0.1, -0.05) is 41.8 Å². The first-order valence-corrected chi connectivity index (χ1v) is 11.1. The molecule has 0 bridgehead atoms. The Morgan fingerprint density at radius 2 is 1.82 bits per heavy atom. The third-order valence-electron chi connectivity index (χ3n) is 5.58. The van der Waals surface area contributed by atoms with E-state index >= 15 is 0 Å². The zero-order chi connectivity index (χ0) is 23.8. The van der Waals surface area contributed by atoms with Crippen molar-refractivity contribution in [3.05, 3.63) is 75.2 Å². The van der Waals surface area contributed by atoms with E-state index in [4.69, 9.17) is 11.6 Å². The Labute approximate surface area is 196 Å². The molecule has 0 radical (unpaired) electrons. The number of benzene rings is 2. The van der Waals surface area contributed by atoms with Crippen LogP contribution in [0.25, 0.3) is 0 Å². The zero-order valence-corrected chi connectivity index (χ0v) is 18.9. The summed E-state index contributed by atoms with van der Waals surface area (Å²) in [5.74, 6) is -2.69. The molecule has 1 fully saturated rings. The van der Waals surface area contributed by atoms with E-state index in [1.54, 1.807) is 31.3 Å². The maximum absolute atomic E-state index is 13.6. The van der Waals surface area contributed by atoms with E-state index in [1.165, 1.54) is 6.07 Å². The number of nitroso groups, excluding NO2 is 1. The van der Waals surface area contributed by atoms with Crippen molar-refractivity contribution < 1.29 is 13.6 Å². The Bertz CT molecular complexity index is 997. The molecule has 1 saturated carbocycles. The molecule has 2 unspecified atom stereocenters. The highest BCUT2D eigenvalue weighted by Crippen LogP contribution is 2.24. The van der Waals surface area contributed by atoms with Crippen LogP contribution in [0.5, 0.6) is 0 Å². The first-order chi connectivity index (χ1) is 15.9. The predicted octanol–water partition coefficient (Wildman–Crippen LogP) is 4.68. The van der Waals surface area contributed by atoms with Gasteiger partial charge in [-0.2, -0.15) is 9.90 Å². The van der Waals surface area contributed by atoms with Crippen molar-refractivity contribution in [1.82, 2.24) is 16.0 Å². The van der Waals surface area contributed by atoms with Crippen LogP contribution in [0.2, 0.25) is 5.02 Å². The highest BCUT2D eigenvalue weighted by atomic mass is 35.5. The van der Waals surface area contributed by atoms with E-state index in [2.05, 4.69) is 26.1 Å². The Balaban J connectivity index is 1.78. The predicted molar refractivity (Wildman–Crippen MR) is 124 cm³/mol. The van der Waals surface area contributed by atoms with Crippen LogP contribution in [0, 0.1) is 16.5 Å². The van der Waals surface area contributed by atoms with Crippen molar-refractivity contribution in [2.45, 2.75) is 50.4 Å². The number of carbonyl (C=O) groups is 1. The van der Waals surface area contributed by atoms with Crippen LogP contribution in [-0.4, -0.2) is 31.1 Å². The summed E-state index contributed by atoms with van der Waals surface area (Å²) in [5, 5.41) is 13.2. The normalized spacial score (nSPS) is 16.3. The minimum absolute atomic E-state index is 0.0731. The molecule has 0 aromatic heterocycles. The number of guanidine groups is 1. The van der Waals surface area contributed by atoms with Gasteiger partial charge in [0.1, 0.15) is 6.04 Å². The minimum atomic E-state index is -1.12. The molecule has 0 heterocycles. The average Bonchev–Trinajstić information content (AvgIpc) is 3.32. The SMILES string of the molecule is CNC(CC(N=O)c1ccc(Cl)cc1)N/C(=N\C(=O)c1ccc(F)c(F)c1)NC1CCCC1. The lowest BCUT2D eigenvalue weighted by atomic mass is 10.0. The van der Waals surface area contributed by atoms with Crippen molar-refractivity contribution in [2.24, 2.45) is 10.2 Å². The second kappa shape index (κ2) is 11.8. The van der Waals surface area contributed by atoms with E-state index in [-0.39, 0.29) is 24.0 Å². The van der Waals surface area contributed by atoms with Crippen molar-refractivity contribution in [2.75, 3.05) is 7.05 Å². The van der Waals surface area contributed by atoms with Gasteiger partial charge in [-0.3, -0.25) is 4.79 Å². The smallest absolute Gasteiger partial charge is 0.280 e. The molecule has 7 nitrogen and oxygen atoms in total. The lowest BCUT2D eigenvalue weighted by molar-refractivity contribution is 0.100. The second-order valence-corrected chi connectivity index (χ2v) is 8.35. The van der Waals surface area contributed by atoms with E-state index < -0.39 is 29.7 Å². The third kappa shape index (κ3) is 7.03. The minimum Gasteiger partial charge on any atom is -0.353 e. The van der Waals surface area contributed by atoms with Gasteiger partial charge in [0.25, 0.3) is 5.91 Å². The first-order valence-electron chi connectivity index (χ1n) is 10.8. The number of aliphatic imine (C=N–C) groups is 1. The second-order valence-electron chi connectivity index (χ2n) is 7.91. The van der Waals surface area contributed by atoms with Crippen molar-refractivity contribution >= 4 is 23.5 Å². The summed E-state index contributed by atoms with van der Waals surface area (Å²) in [6.45, 7) is 0. The van der Waals surface area contributed by atoms with E-state index in [0.29, 0.717) is 10.6 Å². The fourth-order valence-electron chi connectivity index (χ4n) is 3.73.